The second-order valence-electron chi connectivity index (χ2n) is 5.79. The van der Waals surface area contributed by atoms with Crippen molar-refractivity contribution in [2.75, 3.05) is 19.8 Å². The Bertz CT molecular complexity index is 405. The zero-order valence-electron chi connectivity index (χ0n) is 11.8. The van der Waals surface area contributed by atoms with Crippen LogP contribution in [0.3, 0.4) is 0 Å². The lowest BCUT2D eigenvalue weighted by atomic mass is 9.84. The van der Waals surface area contributed by atoms with E-state index in [9.17, 15) is 0 Å². The summed E-state index contributed by atoms with van der Waals surface area (Å²) < 4.78 is 14.0. The molecule has 19 heavy (non-hydrogen) atoms. The van der Waals surface area contributed by atoms with Crippen LogP contribution in [0.1, 0.15) is 50.9 Å². The Morgan fingerprint density at radius 1 is 1.37 bits per heavy atom. The number of aromatic nitrogens is 2. The van der Waals surface area contributed by atoms with Crippen molar-refractivity contribution in [2.24, 2.45) is 0 Å². The maximum atomic E-state index is 6.12. The lowest BCUT2D eigenvalue weighted by Gasteiger charge is -2.43. The summed E-state index contributed by atoms with van der Waals surface area (Å²) in [5.74, 6) is 1.23. The van der Waals surface area contributed by atoms with E-state index in [2.05, 4.69) is 22.7 Å². The normalized spacial score (nSPS) is 26.7. The first-order valence-corrected chi connectivity index (χ1v) is 7.56. The zero-order chi connectivity index (χ0) is 13.1. The first-order chi connectivity index (χ1) is 9.33. The third-order valence-corrected chi connectivity index (χ3v) is 4.49. The second-order valence-corrected chi connectivity index (χ2v) is 5.79. The van der Waals surface area contributed by atoms with E-state index in [1.807, 2.05) is 6.20 Å². The van der Waals surface area contributed by atoms with Gasteiger partial charge in [0, 0.05) is 44.7 Å². The fourth-order valence-electron chi connectivity index (χ4n) is 3.42. The summed E-state index contributed by atoms with van der Waals surface area (Å²) in [4.78, 5) is 4.51. The maximum Gasteiger partial charge on any atom is 0.108 e. The fraction of sp³-hybridized carbons (Fsp3) is 0.800. The number of imidazole rings is 1. The summed E-state index contributed by atoms with van der Waals surface area (Å²) in [6, 6.07) is 0.552. The van der Waals surface area contributed by atoms with Gasteiger partial charge in [-0.3, -0.25) is 0 Å². The molecule has 0 aromatic carbocycles. The van der Waals surface area contributed by atoms with Gasteiger partial charge in [0.15, 0.2) is 0 Å². The molecule has 2 aliphatic rings. The largest absolute Gasteiger partial charge is 0.381 e. The minimum atomic E-state index is 0.0644. The first kappa shape index (κ1) is 13.1. The van der Waals surface area contributed by atoms with Gasteiger partial charge in [0.05, 0.1) is 5.60 Å². The molecule has 1 atom stereocenters. The number of hydrogen-bond acceptors (Lipinski definition) is 3. The molecule has 0 aliphatic carbocycles. The SMILES string of the molecule is CCCc1nccn1C1CCOC2(CCOCC2)C1. The monoisotopic (exact) mass is 264 g/mol. The van der Waals surface area contributed by atoms with Crippen LogP contribution < -0.4 is 0 Å². The van der Waals surface area contributed by atoms with Crippen LogP contribution in [0.4, 0.5) is 0 Å². The van der Waals surface area contributed by atoms with E-state index in [-0.39, 0.29) is 5.60 Å². The Kier molecular flexibility index (Phi) is 3.89. The third-order valence-electron chi connectivity index (χ3n) is 4.49. The molecular formula is C15H24N2O2. The molecule has 2 fully saturated rings. The van der Waals surface area contributed by atoms with Gasteiger partial charge < -0.3 is 14.0 Å². The van der Waals surface area contributed by atoms with Gasteiger partial charge >= 0.3 is 0 Å². The molecule has 1 aromatic heterocycles. The molecule has 3 heterocycles. The quantitative estimate of drug-likeness (QED) is 0.842. The van der Waals surface area contributed by atoms with Crippen LogP contribution in [0.25, 0.3) is 0 Å². The summed E-state index contributed by atoms with van der Waals surface area (Å²) in [7, 11) is 0. The fourth-order valence-corrected chi connectivity index (χ4v) is 3.42. The van der Waals surface area contributed by atoms with Crippen LogP contribution in [0, 0.1) is 0 Å². The average molecular weight is 264 g/mol. The molecule has 0 radical (unpaired) electrons. The van der Waals surface area contributed by atoms with Crippen molar-refractivity contribution in [3.8, 4) is 0 Å². The Hall–Kier alpha value is -0.870. The number of nitrogens with zero attached hydrogens (tertiary/aromatic N) is 2. The highest BCUT2D eigenvalue weighted by molar-refractivity contribution is 4.99. The number of hydrogen-bond donors (Lipinski definition) is 0. The molecule has 4 nitrogen and oxygen atoms in total. The molecule has 4 heteroatoms. The molecule has 0 bridgehead atoms. The van der Waals surface area contributed by atoms with Crippen molar-refractivity contribution in [3.05, 3.63) is 18.2 Å². The number of ether oxygens (including phenoxy) is 2. The van der Waals surface area contributed by atoms with Crippen LogP contribution in [0.2, 0.25) is 0 Å². The van der Waals surface area contributed by atoms with E-state index < -0.39 is 0 Å². The lowest BCUT2D eigenvalue weighted by molar-refractivity contribution is -0.144. The summed E-state index contributed by atoms with van der Waals surface area (Å²) in [6.45, 7) is 4.77. The van der Waals surface area contributed by atoms with Crippen molar-refractivity contribution in [1.82, 2.24) is 9.55 Å². The Morgan fingerprint density at radius 2 is 2.21 bits per heavy atom. The molecule has 0 N–H and O–H groups in total. The van der Waals surface area contributed by atoms with Gasteiger partial charge in [0.2, 0.25) is 0 Å². The van der Waals surface area contributed by atoms with Crippen LogP contribution >= 0.6 is 0 Å². The van der Waals surface area contributed by atoms with Crippen LogP contribution in [-0.4, -0.2) is 35.0 Å². The molecule has 0 saturated carbocycles. The zero-order valence-corrected chi connectivity index (χ0v) is 11.8. The minimum Gasteiger partial charge on any atom is -0.381 e. The topological polar surface area (TPSA) is 36.3 Å². The first-order valence-electron chi connectivity index (χ1n) is 7.56. The van der Waals surface area contributed by atoms with Crippen molar-refractivity contribution in [1.29, 1.82) is 0 Å². The van der Waals surface area contributed by atoms with E-state index in [0.717, 1.165) is 58.3 Å². The van der Waals surface area contributed by atoms with Gasteiger partial charge in [0.1, 0.15) is 5.82 Å². The Morgan fingerprint density at radius 3 is 3.00 bits per heavy atom. The minimum absolute atomic E-state index is 0.0644. The molecule has 0 amide bonds. The van der Waals surface area contributed by atoms with Gasteiger partial charge in [0.25, 0.3) is 0 Å². The van der Waals surface area contributed by atoms with E-state index in [1.165, 1.54) is 5.82 Å². The number of rotatable bonds is 3. The molecule has 106 valence electrons. The molecule has 2 saturated heterocycles. The average Bonchev–Trinajstić information content (AvgIpc) is 2.88. The predicted molar refractivity (Wildman–Crippen MR) is 73.2 cm³/mol. The second kappa shape index (κ2) is 5.63. The molecule has 1 aromatic rings. The molecule has 3 rings (SSSR count). The van der Waals surface area contributed by atoms with Gasteiger partial charge in [-0.1, -0.05) is 6.92 Å². The highest BCUT2D eigenvalue weighted by Crippen LogP contribution is 2.39. The highest BCUT2D eigenvalue weighted by atomic mass is 16.5. The summed E-state index contributed by atoms with van der Waals surface area (Å²) >= 11 is 0. The van der Waals surface area contributed by atoms with E-state index in [0.29, 0.717) is 6.04 Å². The molecular weight excluding hydrogens is 240 g/mol. The lowest BCUT2D eigenvalue weighted by Crippen LogP contribution is -2.44. The molecule has 1 spiro atoms. The maximum absolute atomic E-state index is 6.12. The van der Waals surface area contributed by atoms with Crippen molar-refractivity contribution in [3.63, 3.8) is 0 Å². The van der Waals surface area contributed by atoms with Crippen molar-refractivity contribution < 1.29 is 9.47 Å². The highest BCUT2D eigenvalue weighted by Gasteiger charge is 2.39. The third kappa shape index (κ3) is 2.70. The van der Waals surface area contributed by atoms with E-state index >= 15 is 0 Å². The van der Waals surface area contributed by atoms with Crippen LogP contribution in [0.5, 0.6) is 0 Å². The summed E-state index contributed by atoms with van der Waals surface area (Å²) in [6.07, 6.45) is 10.6. The van der Waals surface area contributed by atoms with Crippen molar-refractivity contribution in [2.45, 2.75) is 57.1 Å². The molecule has 1 unspecified atom stereocenters. The standard InChI is InChI=1S/C15H24N2O2/c1-2-3-14-16-7-8-17(14)13-4-9-19-15(12-13)5-10-18-11-6-15/h7-8,13H,2-6,9-12H2,1H3. The number of aryl methyl sites for hydroxylation is 1. The summed E-state index contributed by atoms with van der Waals surface area (Å²) in [5.41, 5.74) is 0.0644. The Labute approximate surface area is 115 Å². The molecule has 2 aliphatic heterocycles. The van der Waals surface area contributed by atoms with E-state index in [4.69, 9.17) is 9.47 Å². The smallest absolute Gasteiger partial charge is 0.108 e. The van der Waals surface area contributed by atoms with E-state index in [1.54, 1.807) is 0 Å². The van der Waals surface area contributed by atoms with Gasteiger partial charge in [-0.15, -0.1) is 0 Å². The van der Waals surface area contributed by atoms with Crippen LogP contribution in [0.15, 0.2) is 12.4 Å². The summed E-state index contributed by atoms with van der Waals surface area (Å²) in [5, 5.41) is 0. The van der Waals surface area contributed by atoms with Gasteiger partial charge in [-0.05, 0) is 32.1 Å². The van der Waals surface area contributed by atoms with Crippen molar-refractivity contribution >= 4 is 0 Å². The van der Waals surface area contributed by atoms with Gasteiger partial charge in [-0.25, -0.2) is 4.98 Å². The Balaban J connectivity index is 1.75. The van der Waals surface area contributed by atoms with Crippen LogP contribution in [-0.2, 0) is 15.9 Å². The van der Waals surface area contributed by atoms with Gasteiger partial charge in [-0.2, -0.15) is 0 Å². The predicted octanol–water partition coefficient (Wildman–Crippen LogP) is 2.74.